The molecule has 0 saturated carbocycles. The number of hydrogen-bond donors (Lipinski definition) is 2. The Bertz CT molecular complexity index is 1050. The largest absolute Gasteiger partial charge is 0.394 e. The molecule has 3 aromatic rings. The van der Waals surface area contributed by atoms with Crippen LogP contribution in [0.25, 0.3) is 0 Å². The van der Waals surface area contributed by atoms with E-state index in [1.54, 1.807) is 0 Å². The summed E-state index contributed by atoms with van der Waals surface area (Å²) in [5.74, 6) is 0. The number of benzene rings is 3. The van der Waals surface area contributed by atoms with Gasteiger partial charge in [0.25, 0.3) is 0 Å². The van der Waals surface area contributed by atoms with Crippen LogP contribution < -0.4 is 0 Å². The van der Waals surface area contributed by atoms with Gasteiger partial charge in [-0.15, -0.1) is 0 Å². The van der Waals surface area contributed by atoms with E-state index in [1.807, 2.05) is 66.7 Å². The third kappa shape index (κ3) is 6.92. The second kappa shape index (κ2) is 12.5. The van der Waals surface area contributed by atoms with Crippen molar-refractivity contribution in [2.24, 2.45) is 0 Å². The van der Waals surface area contributed by atoms with Gasteiger partial charge in [-0.2, -0.15) is 0 Å². The number of rotatable bonds is 10. The maximum atomic E-state index is 10.1. The fraction of sp³-hybridized carbons (Fsp3) is 0.357. The Hall–Kier alpha value is -1.77. The molecule has 1 saturated heterocycles. The lowest BCUT2D eigenvalue weighted by Gasteiger charge is -2.48. The smallest absolute Gasteiger partial charge is 0.122 e. The van der Waals surface area contributed by atoms with Crippen LogP contribution in [0, 0.1) is 0 Å². The van der Waals surface area contributed by atoms with Crippen LogP contribution in [-0.2, 0) is 28.3 Å². The summed E-state index contributed by atoms with van der Waals surface area (Å²) >= 11 is 9.71. The van der Waals surface area contributed by atoms with Crippen LogP contribution in [0.5, 0.6) is 0 Å². The minimum Gasteiger partial charge on any atom is -0.394 e. The summed E-state index contributed by atoms with van der Waals surface area (Å²) in [4.78, 5) is 2.13. The number of β-amino-alcohol motifs (C(OH)–C–C–N with tert-alkyl or cyclic N) is 1. The zero-order chi connectivity index (χ0) is 24.7. The van der Waals surface area contributed by atoms with Crippen molar-refractivity contribution < 1.29 is 19.7 Å². The summed E-state index contributed by atoms with van der Waals surface area (Å²) in [7, 11) is 0. The fourth-order valence-electron chi connectivity index (χ4n) is 4.54. The SMILES string of the molecule is OCC(O)CN1CC[C@](OCc2ccccc2)(c2ccc(Cl)cc2)[C@@H](OCc2ccc(Br)cc2)C1. The van der Waals surface area contributed by atoms with Gasteiger partial charge in [0.1, 0.15) is 11.7 Å². The van der Waals surface area contributed by atoms with Crippen LogP contribution in [0.15, 0.2) is 83.3 Å². The molecule has 1 heterocycles. The minimum atomic E-state index is -0.796. The van der Waals surface area contributed by atoms with Gasteiger partial charge in [0.05, 0.1) is 25.9 Å². The maximum absolute atomic E-state index is 10.1. The average molecular weight is 561 g/mol. The van der Waals surface area contributed by atoms with Crippen LogP contribution in [-0.4, -0.2) is 53.6 Å². The highest BCUT2D eigenvalue weighted by atomic mass is 79.9. The predicted octanol–water partition coefficient (Wildman–Crippen LogP) is 5.16. The van der Waals surface area contributed by atoms with Crippen molar-refractivity contribution in [2.45, 2.75) is 37.4 Å². The number of aliphatic hydroxyl groups is 2. The second-order valence-electron chi connectivity index (χ2n) is 8.94. The highest BCUT2D eigenvalue weighted by Gasteiger charge is 2.46. The molecule has 0 aliphatic carbocycles. The Kier molecular flexibility index (Phi) is 9.36. The number of piperidine rings is 1. The van der Waals surface area contributed by atoms with Crippen molar-refractivity contribution in [3.05, 3.63) is 105 Å². The molecule has 35 heavy (non-hydrogen) atoms. The van der Waals surface area contributed by atoms with Gasteiger partial charge in [-0.1, -0.05) is 82.1 Å². The minimum absolute atomic E-state index is 0.270. The van der Waals surface area contributed by atoms with Crippen molar-refractivity contribution in [3.63, 3.8) is 0 Å². The van der Waals surface area contributed by atoms with Gasteiger partial charge in [0.2, 0.25) is 0 Å². The Morgan fingerprint density at radius 1 is 0.971 bits per heavy atom. The van der Waals surface area contributed by atoms with E-state index in [0.717, 1.165) is 21.2 Å². The molecule has 1 aliphatic rings. The Morgan fingerprint density at radius 3 is 2.34 bits per heavy atom. The van der Waals surface area contributed by atoms with Gasteiger partial charge in [-0.25, -0.2) is 0 Å². The van der Waals surface area contributed by atoms with Gasteiger partial charge >= 0.3 is 0 Å². The third-order valence-electron chi connectivity index (χ3n) is 6.46. The first-order valence-corrected chi connectivity index (χ1v) is 13.0. The molecule has 0 spiro atoms. The summed E-state index contributed by atoms with van der Waals surface area (Å²) in [6.45, 7) is 2.24. The van der Waals surface area contributed by atoms with Crippen molar-refractivity contribution in [3.8, 4) is 0 Å². The van der Waals surface area contributed by atoms with Gasteiger partial charge in [-0.05, 0) is 47.4 Å². The molecule has 0 aromatic heterocycles. The highest BCUT2D eigenvalue weighted by molar-refractivity contribution is 9.10. The molecule has 0 amide bonds. The van der Waals surface area contributed by atoms with E-state index in [-0.39, 0.29) is 12.7 Å². The molecule has 1 aliphatic heterocycles. The summed E-state index contributed by atoms with van der Waals surface area (Å²) in [6.07, 6.45) is -0.434. The molecule has 3 aromatic carbocycles. The summed E-state index contributed by atoms with van der Waals surface area (Å²) in [5.41, 5.74) is 2.47. The molecular formula is C28H31BrClNO4. The number of hydrogen-bond acceptors (Lipinski definition) is 5. The molecule has 0 radical (unpaired) electrons. The van der Waals surface area contributed by atoms with E-state index in [4.69, 9.17) is 21.1 Å². The summed E-state index contributed by atoms with van der Waals surface area (Å²) in [5, 5.41) is 20.1. The number of aliphatic hydroxyl groups excluding tert-OH is 2. The zero-order valence-electron chi connectivity index (χ0n) is 19.5. The van der Waals surface area contributed by atoms with Crippen molar-refractivity contribution in [2.75, 3.05) is 26.2 Å². The first-order chi connectivity index (χ1) is 17.0. The van der Waals surface area contributed by atoms with Gasteiger partial charge < -0.3 is 19.7 Å². The van der Waals surface area contributed by atoms with Crippen molar-refractivity contribution >= 4 is 27.5 Å². The molecule has 1 unspecified atom stereocenters. The predicted molar refractivity (Wildman–Crippen MR) is 141 cm³/mol. The van der Waals surface area contributed by atoms with Crippen LogP contribution in [0.4, 0.5) is 0 Å². The van der Waals surface area contributed by atoms with Crippen molar-refractivity contribution in [1.29, 1.82) is 0 Å². The van der Waals surface area contributed by atoms with Crippen LogP contribution in [0.3, 0.4) is 0 Å². The molecule has 1 fully saturated rings. The first kappa shape index (κ1) is 26.3. The number of nitrogens with zero attached hydrogens (tertiary/aromatic N) is 1. The van der Waals surface area contributed by atoms with E-state index >= 15 is 0 Å². The molecule has 0 bridgehead atoms. The monoisotopic (exact) mass is 559 g/mol. The van der Waals surface area contributed by atoms with E-state index < -0.39 is 11.7 Å². The molecule has 186 valence electrons. The maximum Gasteiger partial charge on any atom is 0.122 e. The molecular weight excluding hydrogens is 530 g/mol. The summed E-state index contributed by atoms with van der Waals surface area (Å²) < 4.78 is 14.4. The van der Waals surface area contributed by atoms with E-state index in [0.29, 0.717) is 44.3 Å². The lowest BCUT2D eigenvalue weighted by molar-refractivity contribution is -0.195. The first-order valence-electron chi connectivity index (χ1n) is 11.8. The lowest BCUT2D eigenvalue weighted by atomic mass is 9.81. The van der Waals surface area contributed by atoms with Gasteiger partial charge in [0.15, 0.2) is 0 Å². The van der Waals surface area contributed by atoms with Gasteiger partial charge in [0, 0.05) is 29.1 Å². The van der Waals surface area contributed by atoms with Crippen molar-refractivity contribution in [1.82, 2.24) is 4.90 Å². The zero-order valence-corrected chi connectivity index (χ0v) is 21.9. The topological polar surface area (TPSA) is 62.2 Å². The van der Waals surface area contributed by atoms with E-state index in [1.165, 1.54) is 0 Å². The number of likely N-dealkylation sites (tertiary alicyclic amines) is 1. The van der Waals surface area contributed by atoms with E-state index in [9.17, 15) is 10.2 Å². The second-order valence-corrected chi connectivity index (χ2v) is 10.3. The molecule has 4 rings (SSSR count). The lowest BCUT2D eigenvalue weighted by Crippen LogP contribution is -2.57. The van der Waals surface area contributed by atoms with Crippen LogP contribution in [0.2, 0.25) is 5.02 Å². The molecule has 7 heteroatoms. The molecule has 2 N–H and O–H groups in total. The summed E-state index contributed by atoms with van der Waals surface area (Å²) in [6, 6.07) is 26.0. The van der Waals surface area contributed by atoms with Crippen LogP contribution >= 0.6 is 27.5 Å². The normalized spacial score (nSPS) is 21.7. The fourth-order valence-corrected chi connectivity index (χ4v) is 4.93. The Balaban J connectivity index is 1.64. The Morgan fingerprint density at radius 2 is 1.66 bits per heavy atom. The molecule has 5 nitrogen and oxygen atoms in total. The van der Waals surface area contributed by atoms with Gasteiger partial charge in [-0.3, -0.25) is 4.90 Å². The number of halogens is 2. The third-order valence-corrected chi connectivity index (χ3v) is 7.24. The average Bonchev–Trinajstić information content (AvgIpc) is 2.89. The molecule has 3 atom stereocenters. The number of ether oxygens (including phenoxy) is 2. The van der Waals surface area contributed by atoms with Crippen LogP contribution in [0.1, 0.15) is 23.1 Å². The van der Waals surface area contributed by atoms with E-state index in [2.05, 4.69) is 33.0 Å². The Labute approximate surface area is 220 Å². The standard InChI is InChI=1S/C28H31BrClNO4/c29-24-10-6-22(7-11-24)19-34-27-17-31(16-26(33)18-32)15-14-28(27,23-8-12-25(30)13-9-23)35-20-21-4-2-1-3-5-21/h1-13,26-27,32-33H,14-20H2/t26?,27-,28-/m0/s1. The highest BCUT2D eigenvalue weighted by Crippen LogP contribution is 2.40. The quantitative estimate of drug-likeness (QED) is 0.359.